The fraction of sp³-hybridized carbons (Fsp3) is 0.444. The molecule has 1 amide bonds. The van der Waals surface area contributed by atoms with Gasteiger partial charge in [0.2, 0.25) is 0 Å². The number of amides is 1. The molecule has 1 saturated heterocycles. The summed E-state index contributed by atoms with van der Waals surface area (Å²) < 4.78 is 10.6. The molecule has 1 N–H and O–H groups in total. The van der Waals surface area contributed by atoms with Crippen LogP contribution in [0, 0.1) is 0 Å². The first kappa shape index (κ1) is 16.8. The Labute approximate surface area is 147 Å². The Bertz CT molecular complexity index is 681. The molecule has 3 rings (SSSR count). The highest BCUT2D eigenvalue weighted by Crippen LogP contribution is 2.29. The molecule has 1 aliphatic carbocycles. The van der Waals surface area contributed by atoms with Gasteiger partial charge in [-0.2, -0.15) is 0 Å². The first-order chi connectivity index (χ1) is 11.6. The van der Waals surface area contributed by atoms with Crippen molar-refractivity contribution < 1.29 is 14.3 Å². The molecule has 5 nitrogen and oxygen atoms in total. The molecule has 2 aliphatic rings. The molecule has 0 atom stereocenters. The van der Waals surface area contributed by atoms with E-state index in [4.69, 9.17) is 21.7 Å². The lowest BCUT2D eigenvalue weighted by atomic mass is 9.94. The van der Waals surface area contributed by atoms with E-state index in [0.29, 0.717) is 22.3 Å². The molecule has 1 aromatic carbocycles. The lowest BCUT2D eigenvalue weighted by Gasteiger charge is -2.29. The molecule has 1 aliphatic heterocycles. The molecule has 0 spiro atoms. The molecule has 2 fully saturated rings. The van der Waals surface area contributed by atoms with Crippen LogP contribution in [0.2, 0.25) is 0 Å². The van der Waals surface area contributed by atoms with E-state index in [1.807, 2.05) is 12.1 Å². The van der Waals surface area contributed by atoms with Crippen LogP contribution in [-0.2, 0) is 4.79 Å². The van der Waals surface area contributed by atoms with E-state index in [-0.39, 0.29) is 11.9 Å². The van der Waals surface area contributed by atoms with Crippen molar-refractivity contribution in [2.75, 3.05) is 14.2 Å². The zero-order chi connectivity index (χ0) is 17.1. The number of nitrogens with one attached hydrogen (secondary N) is 1. The number of ether oxygens (including phenoxy) is 2. The number of benzene rings is 1. The third kappa shape index (κ3) is 3.24. The summed E-state index contributed by atoms with van der Waals surface area (Å²) in [7, 11) is 3.20. The van der Waals surface area contributed by atoms with Crippen LogP contribution >= 0.6 is 12.2 Å². The Morgan fingerprint density at radius 1 is 1.21 bits per heavy atom. The van der Waals surface area contributed by atoms with Gasteiger partial charge in [0.25, 0.3) is 5.91 Å². The Kier molecular flexibility index (Phi) is 5.04. The molecule has 0 bridgehead atoms. The highest BCUT2D eigenvalue weighted by Gasteiger charge is 2.36. The lowest BCUT2D eigenvalue weighted by molar-refractivity contribution is -0.124. The second kappa shape index (κ2) is 7.21. The number of thiocarbonyl (C=S) groups is 1. The third-order valence-corrected chi connectivity index (χ3v) is 4.89. The minimum atomic E-state index is -0.0511. The van der Waals surface area contributed by atoms with E-state index in [1.165, 1.54) is 6.42 Å². The van der Waals surface area contributed by atoms with Crippen LogP contribution in [0.5, 0.6) is 11.5 Å². The SMILES string of the molecule is COc1ccc(/C=C2/NC(=S)N(C3CCCCC3)C2=O)c(OC)c1. The maximum atomic E-state index is 12.8. The summed E-state index contributed by atoms with van der Waals surface area (Å²) in [6, 6.07) is 5.72. The van der Waals surface area contributed by atoms with Crippen molar-refractivity contribution in [3.63, 3.8) is 0 Å². The van der Waals surface area contributed by atoms with Crippen LogP contribution in [0.1, 0.15) is 37.7 Å². The number of hydrogen-bond donors (Lipinski definition) is 1. The summed E-state index contributed by atoms with van der Waals surface area (Å²) >= 11 is 5.39. The van der Waals surface area contributed by atoms with Crippen molar-refractivity contribution in [2.45, 2.75) is 38.1 Å². The van der Waals surface area contributed by atoms with Gasteiger partial charge in [-0.05, 0) is 43.3 Å². The fourth-order valence-electron chi connectivity index (χ4n) is 3.31. The van der Waals surface area contributed by atoms with Crippen molar-refractivity contribution >= 4 is 29.3 Å². The first-order valence-electron chi connectivity index (χ1n) is 8.22. The van der Waals surface area contributed by atoms with Gasteiger partial charge in [0.05, 0.1) is 14.2 Å². The van der Waals surface area contributed by atoms with E-state index in [0.717, 1.165) is 31.2 Å². The number of carbonyl (C=O) groups is 1. The lowest BCUT2D eigenvalue weighted by Crippen LogP contribution is -2.41. The smallest absolute Gasteiger partial charge is 0.276 e. The molecule has 128 valence electrons. The zero-order valence-electron chi connectivity index (χ0n) is 14.0. The van der Waals surface area contributed by atoms with Gasteiger partial charge < -0.3 is 14.8 Å². The summed E-state index contributed by atoms with van der Waals surface area (Å²) in [4.78, 5) is 14.5. The van der Waals surface area contributed by atoms with Crippen LogP contribution in [0.15, 0.2) is 23.9 Å². The first-order valence-corrected chi connectivity index (χ1v) is 8.63. The van der Waals surface area contributed by atoms with Gasteiger partial charge in [-0.1, -0.05) is 19.3 Å². The number of methoxy groups -OCH3 is 2. The van der Waals surface area contributed by atoms with Crippen molar-refractivity contribution in [3.05, 3.63) is 29.5 Å². The van der Waals surface area contributed by atoms with Crippen molar-refractivity contribution in [3.8, 4) is 11.5 Å². The van der Waals surface area contributed by atoms with Gasteiger partial charge in [0.1, 0.15) is 17.2 Å². The minimum Gasteiger partial charge on any atom is -0.497 e. The zero-order valence-corrected chi connectivity index (χ0v) is 14.8. The van der Waals surface area contributed by atoms with E-state index >= 15 is 0 Å². The van der Waals surface area contributed by atoms with Crippen molar-refractivity contribution in [1.82, 2.24) is 10.2 Å². The number of carbonyl (C=O) groups excluding carboxylic acids is 1. The van der Waals surface area contributed by atoms with Gasteiger partial charge in [-0.3, -0.25) is 9.69 Å². The van der Waals surface area contributed by atoms with Gasteiger partial charge >= 0.3 is 0 Å². The Hall–Kier alpha value is -2.08. The molecule has 1 saturated carbocycles. The second-order valence-corrected chi connectivity index (χ2v) is 6.45. The predicted octanol–water partition coefficient (Wildman–Crippen LogP) is 3.09. The number of hydrogen-bond acceptors (Lipinski definition) is 4. The summed E-state index contributed by atoms with van der Waals surface area (Å²) in [5, 5.41) is 3.57. The molecular weight excluding hydrogens is 324 g/mol. The summed E-state index contributed by atoms with van der Waals surface area (Å²) in [6.45, 7) is 0. The van der Waals surface area contributed by atoms with Crippen LogP contribution in [0.25, 0.3) is 6.08 Å². The van der Waals surface area contributed by atoms with Gasteiger partial charge in [-0.25, -0.2) is 0 Å². The maximum absolute atomic E-state index is 12.8. The number of nitrogens with zero attached hydrogens (tertiary/aromatic N) is 1. The summed E-state index contributed by atoms with van der Waals surface area (Å²) in [5.74, 6) is 1.31. The summed E-state index contributed by atoms with van der Waals surface area (Å²) in [6.07, 6.45) is 7.38. The van der Waals surface area contributed by atoms with Gasteiger partial charge in [0, 0.05) is 17.7 Å². The van der Waals surface area contributed by atoms with Crippen LogP contribution in [0.4, 0.5) is 0 Å². The molecule has 0 aromatic heterocycles. The van der Waals surface area contributed by atoms with Crippen molar-refractivity contribution in [2.24, 2.45) is 0 Å². The Balaban J connectivity index is 1.86. The van der Waals surface area contributed by atoms with Gasteiger partial charge in [-0.15, -0.1) is 0 Å². The predicted molar refractivity (Wildman–Crippen MR) is 97.0 cm³/mol. The normalized spacial score (nSPS) is 20.4. The molecule has 24 heavy (non-hydrogen) atoms. The average Bonchev–Trinajstić information content (AvgIpc) is 2.89. The molecule has 1 heterocycles. The monoisotopic (exact) mass is 346 g/mol. The molecule has 0 unspecified atom stereocenters. The quantitative estimate of drug-likeness (QED) is 0.671. The largest absolute Gasteiger partial charge is 0.497 e. The minimum absolute atomic E-state index is 0.0511. The highest BCUT2D eigenvalue weighted by atomic mass is 32.1. The summed E-state index contributed by atoms with van der Waals surface area (Å²) in [5.41, 5.74) is 1.30. The van der Waals surface area contributed by atoms with E-state index in [9.17, 15) is 4.79 Å². The van der Waals surface area contributed by atoms with E-state index < -0.39 is 0 Å². The van der Waals surface area contributed by atoms with E-state index in [1.54, 1.807) is 31.3 Å². The van der Waals surface area contributed by atoms with Crippen LogP contribution in [-0.4, -0.2) is 36.2 Å². The molecule has 0 radical (unpaired) electrons. The molecular formula is C18H22N2O3S. The number of rotatable bonds is 4. The van der Waals surface area contributed by atoms with E-state index in [2.05, 4.69) is 5.32 Å². The highest BCUT2D eigenvalue weighted by molar-refractivity contribution is 7.80. The van der Waals surface area contributed by atoms with Gasteiger partial charge in [0.15, 0.2) is 5.11 Å². The standard InChI is InChI=1S/C18H22N2O3S/c1-22-14-9-8-12(16(11-14)23-2)10-15-17(21)20(18(24)19-15)13-6-4-3-5-7-13/h8-11,13H,3-7H2,1-2H3,(H,19,24)/b15-10+. The Morgan fingerprint density at radius 2 is 1.96 bits per heavy atom. The molecule has 6 heteroatoms. The topological polar surface area (TPSA) is 50.8 Å². The second-order valence-electron chi connectivity index (χ2n) is 6.06. The Morgan fingerprint density at radius 3 is 2.62 bits per heavy atom. The third-order valence-electron chi connectivity index (χ3n) is 4.59. The van der Waals surface area contributed by atoms with Crippen molar-refractivity contribution in [1.29, 1.82) is 0 Å². The maximum Gasteiger partial charge on any atom is 0.276 e. The van der Waals surface area contributed by atoms with Crippen LogP contribution in [0.3, 0.4) is 0 Å². The average molecular weight is 346 g/mol. The van der Waals surface area contributed by atoms with Crippen LogP contribution < -0.4 is 14.8 Å². The molecule has 1 aromatic rings. The fourth-order valence-corrected chi connectivity index (χ4v) is 3.65.